The van der Waals surface area contributed by atoms with Crippen molar-refractivity contribution < 1.29 is 12.8 Å². The first kappa shape index (κ1) is 14.5. The van der Waals surface area contributed by atoms with Gasteiger partial charge in [0.1, 0.15) is 5.82 Å². The lowest BCUT2D eigenvalue weighted by Crippen LogP contribution is -2.13. The largest absolute Gasteiger partial charge is 0.278 e. The van der Waals surface area contributed by atoms with Gasteiger partial charge in [0.25, 0.3) is 10.0 Å². The van der Waals surface area contributed by atoms with Crippen LogP contribution in [0.15, 0.2) is 47.4 Å². The fraction of sp³-hybridized carbons (Fsp3) is 0. The summed E-state index contributed by atoms with van der Waals surface area (Å²) in [6, 6.07) is 9.67. The molecule has 0 bridgehead atoms. The van der Waals surface area contributed by atoms with Crippen LogP contribution >= 0.6 is 34.2 Å². The third-order valence-electron chi connectivity index (χ3n) is 2.28. The normalized spacial score (nSPS) is 11.3. The van der Waals surface area contributed by atoms with Gasteiger partial charge < -0.3 is 0 Å². The number of nitrogens with one attached hydrogen (secondary N) is 1. The van der Waals surface area contributed by atoms with Crippen LogP contribution in [0, 0.1) is 9.39 Å². The molecule has 0 saturated carbocycles. The SMILES string of the molecule is O=S(=O)(Nc1ccc(I)cc1Cl)c1cccc(F)c1. The van der Waals surface area contributed by atoms with Crippen molar-refractivity contribution >= 4 is 49.9 Å². The van der Waals surface area contributed by atoms with Crippen molar-refractivity contribution in [3.63, 3.8) is 0 Å². The van der Waals surface area contributed by atoms with Crippen LogP contribution in [0.5, 0.6) is 0 Å². The van der Waals surface area contributed by atoms with Crippen LogP contribution in [0.3, 0.4) is 0 Å². The maximum Gasteiger partial charge on any atom is 0.262 e. The summed E-state index contributed by atoms with van der Waals surface area (Å²) in [5, 5.41) is 0.284. The molecule has 7 heteroatoms. The Morgan fingerprint density at radius 3 is 2.53 bits per heavy atom. The average molecular weight is 412 g/mol. The van der Waals surface area contributed by atoms with E-state index in [2.05, 4.69) is 27.3 Å². The molecule has 0 aliphatic carbocycles. The number of halogens is 3. The third kappa shape index (κ3) is 3.58. The van der Waals surface area contributed by atoms with E-state index >= 15 is 0 Å². The van der Waals surface area contributed by atoms with Crippen molar-refractivity contribution in [3.05, 3.63) is 56.9 Å². The summed E-state index contributed by atoms with van der Waals surface area (Å²) in [6.45, 7) is 0. The molecule has 2 aromatic carbocycles. The maximum absolute atomic E-state index is 13.0. The Balaban J connectivity index is 2.36. The van der Waals surface area contributed by atoms with E-state index in [0.717, 1.165) is 9.64 Å². The van der Waals surface area contributed by atoms with Crippen LogP contribution in [-0.4, -0.2) is 8.42 Å². The Morgan fingerprint density at radius 1 is 1.16 bits per heavy atom. The number of hydrogen-bond donors (Lipinski definition) is 1. The van der Waals surface area contributed by atoms with Gasteiger partial charge in [0.15, 0.2) is 0 Å². The van der Waals surface area contributed by atoms with Gasteiger partial charge in [0, 0.05) is 3.57 Å². The quantitative estimate of drug-likeness (QED) is 0.779. The first-order valence-electron chi connectivity index (χ1n) is 5.12. The predicted molar refractivity (Wildman–Crippen MR) is 81.4 cm³/mol. The van der Waals surface area contributed by atoms with Gasteiger partial charge in [0.05, 0.1) is 15.6 Å². The lowest BCUT2D eigenvalue weighted by atomic mass is 10.3. The fourth-order valence-corrected chi connectivity index (χ4v) is 3.48. The van der Waals surface area contributed by atoms with Gasteiger partial charge in [0.2, 0.25) is 0 Å². The van der Waals surface area contributed by atoms with Crippen molar-refractivity contribution in [2.75, 3.05) is 4.72 Å². The summed E-state index contributed by atoms with van der Waals surface area (Å²) >= 11 is 8.01. The second-order valence-electron chi connectivity index (χ2n) is 3.69. The zero-order valence-corrected chi connectivity index (χ0v) is 13.1. The van der Waals surface area contributed by atoms with E-state index in [1.54, 1.807) is 18.2 Å². The number of sulfonamides is 1. The summed E-state index contributed by atoms with van der Waals surface area (Å²) in [5.74, 6) is -0.614. The van der Waals surface area contributed by atoms with Crippen molar-refractivity contribution in [3.8, 4) is 0 Å². The molecule has 0 radical (unpaired) electrons. The Kier molecular flexibility index (Phi) is 4.32. The van der Waals surface area contributed by atoms with Gasteiger partial charge in [-0.2, -0.15) is 0 Å². The molecule has 0 fully saturated rings. The molecule has 3 nitrogen and oxygen atoms in total. The van der Waals surface area contributed by atoms with Crippen molar-refractivity contribution in [2.24, 2.45) is 0 Å². The lowest BCUT2D eigenvalue weighted by Gasteiger charge is -2.09. The highest BCUT2D eigenvalue weighted by atomic mass is 127. The molecule has 0 amide bonds. The molecule has 2 rings (SSSR count). The van der Waals surface area contributed by atoms with Crippen LogP contribution in [0.1, 0.15) is 0 Å². The van der Waals surface area contributed by atoms with E-state index < -0.39 is 15.8 Å². The smallest absolute Gasteiger partial charge is 0.262 e. The minimum absolute atomic E-state index is 0.151. The Hall–Kier alpha value is -0.860. The third-order valence-corrected chi connectivity index (χ3v) is 4.63. The van der Waals surface area contributed by atoms with Gasteiger partial charge in [-0.25, -0.2) is 12.8 Å². The van der Waals surface area contributed by atoms with Crippen molar-refractivity contribution in [2.45, 2.75) is 4.90 Å². The molecule has 2 aromatic rings. The van der Waals surface area contributed by atoms with Gasteiger partial charge in [-0.05, 0) is 59.0 Å². The summed E-state index contributed by atoms with van der Waals surface area (Å²) in [4.78, 5) is -0.151. The molecule has 0 atom stereocenters. The van der Waals surface area contributed by atoms with E-state index in [9.17, 15) is 12.8 Å². The van der Waals surface area contributed by atoms with Crippen molar-refractivity contribution in [1.29, 1.82) is 0 Å². The van der Waals surface area contributed by atoms with Gasteiger partial charge in [-0.1, -0.05) is 17.7 Å². The Bertz CT molecular complexity index is 721. The van der Waals surface area contributed by atoms with Crippen LogP contribution in [0.2, 0.25) is 5.02 Å². The number of benzene rings is 2. The highest BCUT2D eigenvalue weighted by Crippen LogP contribution is 2.26. The Labute approximate surface area is 129 Å². The highest BCUT2D eigenvalue weighted by Gasteiger charge is 2.16. The van der Waals surface area contributed by atoms with Crippen LogP contribution in [-0.2, 0) is 10.0 Å². The van der Waals surface area contributed by atoms with Gasteiger partial charge in [-0.3, -0.25) is 4.72 Å². The van der Waals surface area contributed by atoms with Crippen LogP contribution < -0.4 is 4.72 Å². The standard InChI is InChI=1S/C12H8ClFINO2S/c13-11-7-9(15)4-5-12(11)16-19(17,18)10-3-1-2-8(14)6-10/h1-7,16H. The highest BCUT2D eigenvalue weighted by molar-refractivity contribution is 14.1. The molecule has 0 aliphatic rings. The van der Waals surface area contributed by atoms with E-state index in [0.29, 0.717) is 0 Å². The minimum atomic E-state index is -3.85. The van der Waals surface area contributed by atoms with E-state index in [4.69, 9.17) is 11.6 Å². The summed E-state index contributed by atoms with van der Waals surface area (Å²) in [5.41, 5.74) is 0.256. The summed E-state index contributed by atoms with van der Waals surface area (Å²) in [6.07, 6.45) is 0. The van der Waals surface area contributed by atoms with Gasteiger partial charge in [-0.15, -0.1) is 0 Å². The topological polar surface area (TPSA) is 46.2 Å². The first-order chi connectivity index (χ1) is 8.88. The lowest BCUT2D eigenvalue weighted by molar-refractivity contribution is 0.595. The molecule has 0 aliphatic heterocycles. The molecule has 0 saturated heterocycles. The second kappa shape index (κ2) is 5.64. The summed E-state index contributed by atoms with van der Waals surface area (Å²) < 4.78 is 40.4. The molecule has 0 unspecified atom stereocenters. The van der Waals surface area contributed by atoms with E-state index in [1.807, 2.05) is 0 Å². The monoisotopic (exact) mass is 411 g/mol. The predicted octanol–water partition coefficient (Wildman–Crippen LogP) is 3.88. The van der Waals surface area contributed by atoms with Crippen molar-refractivity contribution in [1.82, 2.24) is 0 Å². The van der Waals surface area contributed by atoms with Gasteiger partial charge >= 0.3 is 0 Å². The molecule has 100 valence electrons. The van der Waals surface area contributed by atoms with Crippen LogP contribution in [0.25, 0.3) is 0 Å². The average Bonchev–Trinajstić information content (AvgIpc) is 2.33. The zero-order valence-electron chi connectivity index (χ0n) is 9.40. The number of rotatable bonds is 3. The fourth-order valence-electron chi connectivity index (χ4n) is 1.41. The molecule has 0 spiro atoms. The van der Waals surface area contributed by atoms with Crippen LogP contribution in [0.4, 0.5) is 10.1 Å². The molecule has 19 heavy (non-hydrogen) atoms. The number of hydrogen-bond acceptors (Lipinski definition) is 2. The minimum Gasteiger partial charge on any atom is -0.278 e. The molecule has 0 heterocycles. The Morgan fingerprint density at radius 2 is 1.89 bits per heavy atom. The maximum atomic E-state index is 13.0. The molecular formula is C12H8ClFINO2S. The zero-order chi connectivity index (χ0) is 14.0. The molecule has 0 aromatic heterocycles. The summed E-state index contributed by atoms with van der Waals surface area (Å²) in [7, 11) is -3.85. The number of anilines is 1. The second-order valence-corrected chi connectivity index (χ2v) is 7.02. The first-order valence-corrected chi connectivity index (χ1v) is 8.06. The van der Waals surface area contributed by atoms with E-state index in [1.165, 1.54) is 18.2 Å². The van der Waals surface area contributed by atoms with E-state index in [-0.39, 0.29) is 15.6 Å². The molecule has 1 N–H and O–H groups in total. The molecular weight excluding hydrogens is 404 g/mol.